The fraction of sp³-hybridized carbons (Fsp3) is 0.538. The molecule has 1 unspecified atom stereocenters. The van der Waals surface area contributed by atoms with Crippen molar-refractivity contribution in [1.82, 2.24) is 14.5 Å². The second-order valence-electron chi connectivity index (χ2n) is 4.71. The minimum atomic E-state index is 0.452. The van der Waals surface area contributed by atoms with Crippen molar-refractivity contribution in [1.29, 1.82) is 0 Å². The summed E-state index contributed by atoms with van der Waals surface area (Å²) in [6, 6.07) is 2.00. The molecule has 0 aromatic carbocycles. The average molecular weight is 282 g/mol. The van der Waals surface area contributed by atoms with Crippen molar-refractivity contribution in [2.75, 3.05) is 5.75 Å². The highest BCUT2D eigenvalue weighted by atomic mass is 35.5. The van der Waals surface area contributed by atoms with E-state index in [0.29, 0.717) is 11.1 Å². The molecule has 3 rings (SSSR count). The first-order valence-electron chi connectivity index (χ1n) is 6.28. The van der Waals surface area contributed by atoms with Crippen molar-refractivity contribution < 1.29 is 0 Å². The van der Waals surface area contributed by atoms with Crippen LogP contribution in [0.2, 0.25) is 0 Å². The molecular weight excluding hydrogens is 266 g/mol. The molecule has 1 atom stereocenters. The smallest absolute Gasteiger partial charge is 0.160 e. The molecule has 0 aliphatic carbocycles. The van der Waals surface area contributed by atoms with E-state index >= 15 is 0 Å². The van der Waals surface area contributed by atoms with E-state index in [1.54, 1.807) is 0 Å². The number of alkyl halides is 1. The van der Waals surface area contributed by atoms with E-state index in [9.17, 15) is 0 Å². The lowest BCUT2D eigenvalue weighted by Crippen LogP contribution is -2.12. The zero-order valence-electron chi connectivity index (χ0n) is 10.4. The summed E-state index contributed by atoms with van der Waals surface area (Å²) in [6.45, 7) is 3.06. The molecule has 1 fully saturated rings. The van der Waals surface area contributed by atoms with Gasteiger partial charge in [-0.1, -0.05) is 0 Å². The molecule has 96 valence electrons. The van der Waals surface area contributed by atoms with E-state index in [1.807, 2.05) is 12.3 Å². The Kier molecular flexibility index (Phi) is 3.48. The zero-order valence-corrected chi connectivity index (χ0v) is 12.0. The minimum absolute atomic E-state index is 0.452. The summed E-state index contributed by atoms with van der Waals surface area (Å²) < 4.78 is 2.21. The van der Waals surface area contributed by atoms with Crippen LogP contribution in [0.15, 0.2) is 12.3 Å². The standard InChI is InChI=1S/C13H16ClN3S/c1-9-4-5-15-13-12(9)16-11(7-14)17(13)8-10-3-2-6-18-10/h4-5,10H,2-3,6-8H2,1H3. The SMILES string of the molecule is Cc1ccnc2c1nc(CCl)n2CC1CCCS1. The maximum absolute atomic E-state index is 6.02. The van der Waals surface area contributed by atoms with E-state index < -0.39 is 0 Å². The first kappa shape index (κ1) is 12.3. The second kappa shape index (κ2) is 5.10. The van der Waals surface area contributed by atoms with Gasteiger partial charge in [-0.3, -0.25) is 0 Å². The Balaban J connectivity index is 2.04. The lowest BCUT2D eigenvalue weighted by atomic mass is 10.2. The van der Waals surface area contributed by atoms with Gasteiger partial charge in [-0.2, -0.15) is 11.8 Å². The fourth-order valence-electron chi connectivity index (χ4n) is 2.47. The Morgan fingerprint density at radius 2 is 2.44 bits per heavy atom. The second-order valence-corrected chi connectivity index (χ2v) is 6.38. The van der Waals surface area contributed by atoms with Gasteiger partial charge in [0.05, 0.1) is 5.88 Å². The number of fused-ring (bicyclic) bond motifs is 1. The number of imidazole rings is 1. The minimum Gasteiger partial charge on any atom is -0.311 e. The maximum Gasteiger partial charge on any atom is 0.160 e. The largest absolute Gasteiger partial charge is 0.311 e. The third-order valence-corrected chi connectivity index (χ3v) is 5.06. The van der Waals surface area contributed by atoms with Crippen molar-refractivity contribution in [3.63, 3.8) is 0 Å². The van der Waals surface area contributed by atoms with Gasteiger partial charge in [0, 0.05) is 18.0 Å². The number of nitrogens with zero attached hydrogens (tertiary/aromatic N) is 3. The molecule has 3 nitrogen and oxygen atoms in total. The summed E-state index contributed by atoms with van der Waals surface area (Å²) in [5.74, 6) is 2.67. The van der Waals surface area contributed by atoms with Gasteiger partial charge in [0.2, 0.25) is 0 Å². The predicted molar refractivity (Wildman–Crippen MR) is 77.3 cm³/mol. The van der Waals surface area contributed by atoms with Crippen molar-refractivity contribution in [3.05, 3.63) is 23.7 Å². The molecule has 0 radical (unpaired) electrons. The number of hydrogen-bond donors (Lipinski definition) is 0. The molecule has 0 bridgehead atoms. The highest BCUT2D eigenvalue weighted by molar-refractivity contribution is 8.00. The number of halogens is 1. The van der Waals surface area contributed by atoms with E-state index in [1.165, 1.54) is 24.2 Å². The highest BCUT2D eigenvalue weighted by Crippen LogP contribution is 2.29. The first-order valence-corrected chi connectivity index (χ1v) is 7.86. The number of hydrogen-bond acceptors (Lipinski definition) is 3. The van der Waals surface area contributed by atoms with Crippen molar-refractivity contribution in [3.8, 4) is 0 Å². The van der Waals surface area contributed by atoms with Crippen LogP contribution in [0.1, 0.15) is 24.2 Å². The van der Waals surface area contributed by atoms with Gasteiger partial charge in [0.1, 0.15) is 11.3 Å². The van der Waals surface area contributed by atoms with Crippen LogP contribution in [0, 0.1) is 6.92 Å². The topological polar surface area (TPSA) is 30.7 Å². The lowest BCUT2D eigenvalue weighted by Gasteiger charge is -2.12. The fourth-order valence-corrected chi connectivity index (χ4v) is 3.93. The molecule has 0 spiro atoms. The molecule has 5 heteroatoms. The van der Waals surface area contributed by atoms with E-state index in [-0.39, 0.29) is 0 Å². The van der Waals surface area contributed by atoms with Crippen molar-refractivity contribution >= 4 is 34.5 Å². The van der Waals surface area contributed by atoms with Gasteiger partial charge >= 0.3 is 0 Å². The molecule has 1 aliphatic rings. The normalized spacial score (nSPS) is 19.8. The third kappa shape index (κ3) is 2.12. The van der Waals surface area contributed by atoms with Crippen molar-refractivity contribution in [2.45, 2.75) is 37.4 Å². The van der Waals surface area contributed by atoms with Gasteiger partial charge in [-0.05, 0) is 37.1 Å². The van der Waals surface area contributed by atoms with Crippen LogP contribution in [0.4, 0.5) is 0 Å². The first-order chi connectivity index (χ1) is 8.79. The molecule has 0 saturated carbocycles. The van der Waals surface area contributed by atoms with Gasteiger partial charge in [-0.25, -0.2) is 9.97 Å². The molecule has 1 saturated heterocycles. The summed E-state index contributed by atoms with van der Waals surface area (Å²) in [6.07, 6.45) is 4.47. The van der Waals surface area contributed by atoms with Crippen LogP contribution in [0.3, 0.4) is 0 Å². The van der Waals surface area contributed by atoms with E-state index in [2.05, 4.69) is 33.2 Å². The van der Waals surface area contributed by atoms with Crippen LogP contribution in [-0.4, -0.2) is 25.5 Å². The number of thioether (sulfide) groups is 1. The number of aromatic nitrogens is 3. The van der Waals surface area contributed by atoms with Crippen LogP contribution in [0.25, 0.3) is 11.2 Å². The molecule has 2 aromatic heterocycles. The monoisotopic (exact) mass is 281 g/mol. The number of aryl methyl sites for hydroxylation is 1. The Morgan fingerprint density at radius 3 is 3.17 bits per heavy atom. The molecular formula is C13H16ClN3S. The van der Waals surface area contributed by atoms with Crippen molar-refractivity contribution in [2.24, 2.45) is 0 Å². The molecule has 0 amide bonds. The Morgan fingerprint density at radius 1 is 1.56 bits per heavy atom. The predicted octanol–water partition coefficient (Wildman–Crippen LogP) is 3.37. The summed E-state index contributed by atoms with van der Waals surface area (Å²) in [5.41, 5.74) is 3.15. The summed E-state index contributed by atoms with van der Waals surface area (Å²) >= 11 is 8.08. The molecule has 1 aliphatic heterocycles. The molecule has 3 heterocycles. The quantitative estimate of drug-likeness (QED) is 0.808. The van der Waals surface area contributed by atoms with Gasteiger partial charge < -0.3 is 4.57 Å². The van der Waals surface area contributed by atoms with Crippen LogP contribution < -0.4 is 0 Å². The molecule has 2 aromatic rings. The van der Waals surface area contributed by atoms with Crippen LogP contribution in [0.5, 0.6) is 0 Å². The Hall–Kier alpha value is -0.740. The highest BCUT2D eigenvalue weighted by Gasteiger charge is 2.20. The van der Waals surface area contributed by atoms with Gasteiger partial charge in [0.25, 0.3) is 0 Å². The van der Waals surface area contributed by atoms with Crippen LogP contribution in [-0.2, 0) is 12.4 Å². The lowest BCUT2D eigenvalue weighted by molar-refractivity contribution is 0.631. The molecule has 0 N–H and O–H groups in total. The summed E-state index contributed by atoms with van der Waals surface area (Å²) in [5, 5.41) is 0.687. The van der Waals surface area contributed by atoms with Crippen LogP contribution >= 0.6 is 23.4 Å². The third-order valence-electron chi connectivity index (χ3n) is 3.44. The van der Waals surface area contributed by atoms with E-state index in [4.69, 9.17) is 11.6 Å². The summed E-state index contributed by atoms with van der Waals surface area (Å²) in [4.78, 5) is 9.12. The van der Waals surface area contributed by atoms with E-state index in [0.717, 1.165) is 23.5 Å². The van der Waals surface area contributed by atoms with Gasteiger partial charge in [0.15, 0.2) is 5.65 Å². The maximum atomic E-state index is 6.02. The number of rotatable bonds is 3. The Labute approximate surface area is 116 Å². The Bertz CT molecular complexity index is 561. The molecule has 18 heavy (non-hydrogen) atoms. The van der Waals surface area contributed by atoms with Gasteiger partial charge in [-0.15, -0.1) is 11.6 Å². The number of pyridine rings is 1. The summed E-state index contributed by atoms with van der Waals surface area (Å²) in [7, 11) is 0. The zero-order chi connectivity index (χ0) is 12.5. The average Bonchev–Trinajstić information content (AvgIpc) is 2.99.